The van der Waals surface area contributed by atoms with Crippen molar-refractivity contribution in [1.82, 2.24) is 0 Å². The Morgan fingerprint density at radius 1 is 1.38 bits per heavy atom. The average Bonchev–Trinajstić information content (AvgIpc) is 2.01. The number of hydrogen-bond acceptors (Lipinski definition) is 3. The van der Waals surface area contributed by atoms with Gasteiger partial charge in [-0.15, -0.1) is 0 Å². The molecule has 0 radical (unpaired) electrons. The summed E-state index contributed by atoms with van der Waals surface area (Å²) in [4.78, 5) is 16.8. The van der Waals surface area contributed by atoms with Crippen LogP contribution in [0.1, 0.15) is 5.56 Å². The van der Waals surface area contributed by atoms with Crippen molar-refractivity contribution < 1.29 is 19.0 Å². The van der Waals surface area contributed by atoms with Gasteiger partial charge in [-0.05, 0) is 18.6 Å². The molecule has 0 fully saturated rings. The zero-order valence-corrected chi connectivity index (χ0v) is 7.86. The summed E-state index contributed by atoms with van der Waals surface area (Å²) in [5.74, 6) is 0. The van der Waals surface area contributed by atoms with Gasteiger partial charge in [-0.25, -0.2) is 4.57 Å². The molecule has 0 saturated heterocycles. The normalized spacial score (nSPS) is 11.3. The molecule has 0 heterocycles. The van der Waals surface area contributed by atoms with Gasteiger partial charge in [0.1, 0.15) is 0 Å². The number of phosphoric acid groups is 1. The van der Waals surface area contributed by atoms with Gasteiger partial charge in [-0.2, -0.15) is 4.62 Å². The largest absolute Gasteiger partial charge is 0.491 e. The summed E-state index contributed by atoms with van der Waals surface area (Å²) in [6, 6.07) is 7.01. The number of benzene rings is 1. The Morgan fingerprint density at radius 3 is 2.54 bits per heavy atom. The van der Waals surface area contributed by atoms with Crippen molar-refractivity contribution in [1.29, 1.82) is 0 Å². The van der Waals surface area contributed by atoms with Gasteiger partial charge in [0.2, 0.25) is 0 Å². The van der Waals surface area contributed by atoms with Crippen LogP contribution in [0.15, 0.2) is 24.3 Å². The summed E-state index contributed by atoms with van der Waals surface area (Å²) < 4.78 is 14.4. The molecule has 0 spiro atoms. The van der Waals surface area contributed by atoms with Gasteiger partial charge in [0.05, 0.1) is 5.69 Å². The van der Waals surface area contributed by atoms with E-state index in [1.54, 1.807) is 25.1 Å². The standard InChI is InChI=1S/C7H10NO4P/c1-6-4-2-3-5-7(6)8-12-13(9,10)11/h2-5,8H,1H3,(H2,9,10,11). The van der Waals surface area contributed by atoms with E-state index in [1.165, 1.54) is 0 Å². The molecule has 1 rings (SSSR count). The summed E-state index contributed by atoms with van der Waals surface area (Å²) in [6.45, 7) is 1.80. The first-order chi connectivity index (χ1) is 5.99. The minimum atomic E-state index is -4.46. The lowest BCUT2D eigenvalue weighted by molar-refractivity contribution is 0.233. The van der Waals surface area contributed by atoms with Crippen LogP contribution in [0.4, 0.5) is 5.69 Å². The predicted molar refractivity (Wildman–Crippen MR) is 47.9 cm³/mol. The summed E-state index contributed by atoms with van der Waals surface area (Å²) >= 11 is 0. The fourth-order valence-electron chi connectivity index (χ4n) is 0.796. The zero-order valence-electron chi connectivity index (χ0n) is 6.97. The quantitative estimate of drug-likeness (QED) is 0.511. The first-order valence-corrected chi connectivity index (χ1v) is 5.08. The summed E-state index contributed by atoms with van der Waals surface area (Å²) in [5, 5.41) is 0. The van der Waals surface area contributed by atoms with Crippen LogP contribution in [0.3, 0.4) is 0 Å². The Bertz CT molecular complexity index is 335. The monoisotopic (exact) mass is 203 g/mol. The van der Waals surface area contributed by atoms with Gasteiger partial charge < -0.3 is 9.79 Å². The number of rotatable bonds is 3. The summed E-state index contributed by atoms with van der Waals surface area (Å²) in [5.41, 5.74) is 3.57. The number of para-hydroxylation sites is 1. The minimum Gasteiger partial charge on any atom is -0.301 e. The molecule has 3 N–H and O–H groups in total. The Hall–Kier alpha value is -0.870. The zero-order chi connectivity index (χ0) is 9.90. The highest BCUT2D eigenvalue weighted by Gasteiger charge is 2.14. The van der Waals surface area contributed by atoms with E-state index in [-0.39, 0.29) is 0 Å². The van der Waals surface area contributed by atoms with E-state index in [0.717, 1.165) is 5.56 Å². The van der Waals surface area contributed by atoms with Gasteiger partial charge in [-0.1, -0.05) is 18.2 Å². The predicted octanol–water partition coefficient (Wildman–Crippen LogP) is 1.43. The Balaban J connectivity index is 2.65. The van der Waals surface area contributed by atoms with E-state index in [4.69, 9.17) is 9.79 Å². The fourth-order valence-corrected chi connectivity index (χ4v) is 1.01. The van der Waals surface area contributed by atoms with Gasteiger partial charge >= 0.3 is 7.82 Å². The molecular weight excluding hydrogens is 193 g/mol. The molecule has 72 valence electrons. The number of aryl methyl sites for hydroxylation is 1. The van der Waals surface area contributed by atoms with Crippen molar-refractivity contribution in [3.05, 3.63) is 29.8 Å². The molecule has 1 aromatic carbocycles. The molecule has 0 saturated carbocycles. The highest BCUT2D eigenvalue weighted by molar-refractivity contribution is 7.46. The highest BCUT2D eigenvalue weighted by Crippen LogP contribution is 2.35. The fraction of sp³-hybridized carbons (Fsp3) is 0.143. The molecule has 5 nitrogen and oxygen atoms in total. The molecular formula is C7H10NO4P. The molecule has 0 amide bonds. The van der Waals surface area contributed by atoms with E-state index < -0.39 is 7.82 Å². The van der Waals surface area contributed by atoms with E-state index in [9.17, 15) is 4.57 Å². The van der Waals surface area contributed by atoms with Crippen LogP contribution in [-0.2, 0) is 9.19 Å². The lowest BCUT2D eigenvalue weighted by atomic mass is 10.2. The third kappa shape index (κ3) is 3.57. The van der Waals surface area contributed by atoms with Crippen LogP contribution in [0.2, 0.25) is 0 Å². The molecule has 0 aliphatic carbocycles. The lowest BCUT2D eigenvalue weighted by Crippen LogP contribution is -1.99. The maximum Gasteiger partial charge on any atom is 0.491 e. The Labute approximate surface area is 75.6 Å². The van der Waals surface area contributed by atoms with Crippen LogP contribution < -0.4 is 5.48 Å². The average molecular weight is 203 g/mol. The van der Waals surface area contributed by atoms with Crippen molar-refractivity contribution in [2.45, 2.75) is 6.92 Å². The van der Waals surface area contributed by atoms with E-state index in [2.05, 4.69) is 10.1 Å². The molecule has 0 aliphatic heterocycles. The molecule has 6 heteroatoms. The summed E-state index contributed by atoms with van der Waals surface area (Å²) in [6.07, 6.45) is 0. The number of anilines is 1. The van der Waals surface area contributed by atoms with Gasteiger partial charge in [0, 0.05) is 0 Å². The second-order valence-electron chi connectivity index (χ2n) is 2.50. The Kier molecular flexibility index (Phi) is 3.06. The molecule has 1 aromatic rings. The molecule has 0 unspecified atom stereocenters. The third-order valence-electron chi connectivity index (χ3n) is 1.42. The number of hydrogen-bond donors (Lipinski definition) is 3. The van der Waals surface area contributed by atoms with E-state index in [0.29, 0.717) is 5.69 Å². The van der Waals surface area contributed by atoms with Crippen LogP contribution >= 0.6 is 7.82 Å². The first-order valence-electron chi connectivity index (χ1n) is 3.55. The maximum absolute atomic E-state index is 10.3. The van der Waals surface area contributed by atoms with E-state index >= 15 is 0 Å². The third-order valence-corrected chi connectivity index (χ3v) is 1.75. The van der Waals surface area contributed by atoms with Gasteiger partial charge in [-0.3, -0.25) is 5.48 Å². The second kappa shape index (κ2) is 3.89. The molecule has 0 aliphatic rings. The van der Waals surface area contributed by atoms with Crippen LogP contribution in [0, 0.1) is 6.92 Å². The van der Waals surface area contributed by atoms with Crippen molar-refractivity contribution in [3.8, 4) is 0 Å². The Morgan fingerprint density at radius 2 is 2.00 bits per heavy atom. The smallest absolute Gasteiger partial charge is 0.301 e. The minimum absolute atomic E-state index is 0.533. The molecule has 0 atom stereocenters. The molecule has 0 aromatic heterocycles. The first kappa shape index (κ1) is 10.2. The number of nitrogens with one attached hydrogen (secondary N) is 1. The van der Waals surface area contributed by atoms with E-state index in [1.807, 2.05) is 6.07 Å². The lowest BCUT2D eigenvalue weighted by Gasteiger charge is -2.08. The molecule has 0 bridgehead atoms. The highest BCUT2D eigenvalue weighted by atomic mass is 31.2. The topological polar surface area (TPSA) is 78.8 Å². The van der Waals surface area contributed by atoms with Crippen molar-refractivity contribution in [2.24, 2.45) is 0 Å². The van der Waals surface area contributed by atoms with Crippen LogP contribution in [-0.4, -0.2) is 9.79 Å². The molecule has 13 heavy (non-hydrogen) atoms. The summed E-state index contributed by atoms with van der Waals surface area (Å²) in [7, 11) is -4.46. The van der Waals surface area contributed by atoms with Crippen molar-refractivity contribution in [3.63, 3.8) is 0 Å². The van der Waals surface area contributed by atoms with Gasteiger partial charge in [0.15, 0.2) is 0 Å². The maximum atomic E-state index is 10.3. The van der Waals surface area contributed by atoms with Crippen molar-refractivity contribution in [2.75, 3.05) is 5.48 Å². The van der Waals surface area contributed by atoms with Crippen molar-refractivity contribution >= 4 is 13.5 Å². The SMILES string of the molecule is Cc1ccccc1NOP(=O)(O)O. The van der Waals surface area contributed by atoms with Crippen LogP contribution in [0.5, 0.6) is 0 Å². The van der Waals surface area contributed by atoms with Gasteiger partial charge in [0.25, 0.3) is 0 Å². The van der Waals surface area contributed by atoms with Crippen LogP contribution in [0.25, 0.3) is 0 Å². The second-order valence-corrected chi connectivity index (χ2v) is 3.66.